The monoisotopic (exact) mass is 326 g/mol. The number of hydrogen-bond donors (Lipinski definition) is 0. The maximum absolute atomic E-state index is 12.6. The second-order valence-electron chi connectivity index (χ2n) is 5.85. The molecule has 126 valence electrons. The van der Waals surface area contributed by atoms with E-state index in [-0.39, 0.29) is 5.91 Å². The molecule has 1 heterocycles. The number of aromatic nitrogens is 1. The molecule has 0 aliphatic rings. The van der Waals surface area contributed by atoms with Gasteiger partial charge in [0, 0.05) is 32.5 Å². The lowest BCUT2D eigenvalue weighted by atomic mass is 10.2. The third kappa shape index (κ3) is 4.15. The van der Waals surface area contributed by atoms with Crippen molar-refractivity contribution in [1.82, 2.24) is 9.47 Å². The molecule has 0 saturated carbocycles. The van der Waals surface area contributed by atoms with Crippen LogP contribution in [0.2, 0.25) is 0 Å². The molecule has 24 heavy (non-hydrogen) atoms. The van der Waals surface area contributed by atoms with Crippen molar-refractivity contribution in [2.45, 2.75) is 0 Å². The van der Waals surface area contributed by atoms with Crippen molar-refractivity contribution < 1.29 is 9.53 Å². The molecule has 0 bridgehead atoms. The zero-order chi connectivity index (χ0) is 17.7. The van der Waals surface area contributed by atoms with E-state index in [2.05, 4.69) is 4.90 Å². The Morgan fingerprint density at radius 3 is 2.46 bits per heavy atom. The van der Waals surface area contributed by atoms with Crippen molar-refractivity contribution in [2.24, 2.45) is 7.05 Å². The Labute approximate surface area is 142 Å². The van der Waals surface area contributed by atoms with Gasteiger partial charge in [-0.25, -0.2) is 0 Å². The van der Waals surface area contributed by atoms with Crippen LogP contribution in [0, 0.1) is 11.3 Å². The third-order valence-electron chi connectivity index (χ3n) is 3.69. The van der Waals surface area contributed by atoms with Crippen molar-refractivity contribution in [2.75, 3.05) is 39.2 Å². The van der Waals surface area contributed by atoms with Crippen molar-refractivity contribution in [3.63, 3.8) is 0 Å². The van der Waals surface area contributed by atoms with E-state index >= 15 is 0 Å². The van der Waals surface area contributed by atoms with Crippen LogP contribution in [0.1, 0.15) is 16.1 Å². The molecule has 2 aromatic rings. The van der Waals surface area contributed by atoms with E-state index in [0.29, 0.717) is 17.9 Å². The van der Waals surface area contributed by atoms with Crippen LogP contribution in [-0.2, 0) is 7.05 Å². The van der Waals surface area contributed by atoms with Crippen LogP contribution in [0.15, 0.2) is 36.5 Å². The minimum atomic E-state index is -0.166. The van der Waals surface area contributed by atoms with Crippen molar-refractivity contribution in [1.29, 1.82) is 5.26 Å². The largest absolute Gasteiger partial charge is 0.492 e. The van der Waals surface area contributed by atoms with Gasteiger partial charge in [0.05, 0.1) is 5.56 Å². The lowest BCUT2D eigenvalue weighted by Crippen LogP contribution is -2.27. The summed E-state index contributed by atoms with van der Waals surface area (Å²) in [6.45, 7) is 1.45. The molecule has 0 radical (unpaired) electrons. The number of nitrogens with zero attached hydrogens (tertiary/aromatic N) is 4. The van der Waals surface area contributed by atoms with Crippen LogP contribution in [0.3, 0.4) is 0 Å². The van der Waals surface area contributed by atoms with Crippen LogP contribution >= 0.6 is 0 Å². The van der Waals surface area contributed by atoms with E-state index in [1.54, 1.807) is 35.8 Å². The molecule has 0 aliphatic heterocycles. The SMILES string of the molecule is CN(C)CCOc1ccc(N(C)C(=O)c2cc(C#N)cn2C)cc1. The molecule has 6 heteroatoms. The predicted octanol–water partition coefficient (Wildman–Crippen LogP) is 2.11. The first-order valence-electron chi connectivity index (χ1n) is 7.64. The number of rotatable bonds is 6. The number of amides is 1. The van der Waals surface area contributed by atoms with Gasteiger partial charge in [-0.05, 0) is 44.4 Å². The van der Waals surface area contributed by atoms with Crippen molar-refractivity contribution >= 4 is 11.6 Å². The Balaban J connectivity index is 2.06. The molecule has 2 rings (SSSR count). The fourth-order valence-electron chi connectivity index (χ4n) is 2.24. The third-order valence-corrected chi connectivity index (χ3v) is 3.69. The van der Waals surface area contributed by atoms with E-state index in [0.717, 1.165) is 18.0 Å². The summed E-state index contributed by atoms with van der Waals surface area (Å²) in [6, 6.07) is 11.0. The Bertz CT molecular complexity index is 741. The predicted molar refractivity (Wildman–Crippen MR) is 93.4 cm³/mol. The van der Waals surface area contributed by atoms with Gasteiger partial charge in [-0.2, -0.15) is 5.26 Å². The van der Waals surface area contributed by atoms with E-state index in [1.165, 1.54) is 0 Å². The van der Waals surface area contributed by atoms with Gasteiger partial charge >= 0.3 is 0 Å². The van der Waals surface area contributed by atoms with Gasteiger partial charge in [0.25, 0.3) is 5.91 Å². The van der Waals surface area contributed by atoms with Crippen molar-refractivity contribution in [3.8, 4) is 11.8 Å². The summed E-state index contributed by atoms with van der Waals surface area (Å²) in [5, 5.41) is 8.94. The van der Waals surface area contributed by atoms with Crippen molar-refractivity contribution in [3.05, 3.63) is 47.8 Å². The Kier molecular flexibility index (Phi) is 5.61. The summed E-state index contributed by atoms with van der Waals surface area (Å²) in [4.78, 5) is 16.2. The minimum Gasteiger partial charge on any atom is -0.492 e. The first kappa shape index (κ1) is 17.6. The van der Waals surface area contributed by atoms with Crippen LogP contribution in [0.25, 0.3) is 0 Å². The molecule has 0 aliphatic carbocycles. The summed E-state index contributed by atoms with van der Waals surface area (Å²) < 4.78 is 7.31. The molecule has 0 N–H and O–H groups in total. The van der Waals surface area contributed by atoms with Gasteiger partial charge in [-0.3, -0.25) is 4.79 Å². The Morgan fingerprint density at radius 2 is 1.92 bits per heavy atom. The number of nitriles is 1. The van der Waals surface area contributed by atoms with Gasteiger partial charge in [-0.15, -0.1) is 0 Å². The van der Waals surface area contributed by atoms with E-state index in [1.807, 2.05) is 44.4 Å². The second kappa shape index (κ2) is 7.66. The standard InChI is InChI=1S/C18H22N4O2/c1-20(2)9-10-24-16-7-5-15(6-8-16)22(4)18(23)17-11-14(12-19)13-21(17)3/h5-8,11,13H,9-10H2,1-4H3. The van der Waals surface area contributed by atoms with E-state index in [9.17, 15) is 4.79 Å². The van der Waals surface area contributed by atoms with Crippen LogP contribution in [0.4, 0.5) is 5.69 Å². The number of carbonyl (C=O) groups is 1. The Hall–Kier alpha value is -2.78. The van der Waals surface area contributed by atoms with E-state index < -0.39 is 0 Å². The molecule has 0 atom stereocenters. The fourth-order valence-corrected chi connectivity index (χ4v) is 2.24. The number of likely N-dealkylation sites (N-methyl/N-ethyl adjacent to an activating group) is 1. The van der Waals surface area contributed by atoms with Gasteiger partial charge < -0.3 is 19.1 Å². The molecule has 0 spiro atoms. The van der Waals surface area contributed by atoms with Crippen LogP contribution < -0.4 is 9.64 Å². The lowest BCUT2D eigenvalue weighted by molar-refractivity contribution is 0.0985. The highest BCUT2D eigenvalue weighted by Gasteiger charge is 2.17. The zero-order valence-corrected chi connectivity index (χ0v) is 14.5. The quantitative estimate of drug-likeness (QED) is 0.816. The number of benzene rings is 1. The molecular weight excluding hydrogens is 304 g/mol. The van der Waals surface area contributed by atoms with Gasteiger partial charge in [-0.1, -0.05) is 0 Å². The molecule has 1 aromatic carbocycles. The molecule has 0 saturated heterocycles. The number of anilines is 1. The number of hydrogen-bond acceptors (Lipinski definition) is 4. The number of ether oxygens (including phenoxy) is 1. The minimum absolute atomic E-state index is 0.166. The number of aryl methyl sites for hydroxylation is 1. The second-order valence-corrected chi connectivity index (χ2v) is 5.85. The van der Waals surface area contributed by atoms with Gasteiger partial charge in [0.1, 0.15) is 24.1 Å². The first-order chi connectivity index (χ1) is 11.4. The normalized spacial score (nSPS) is 10.5. The van der Waals surface area contributed by atoms with E-state index in [4.69, 9.17) is 10.00 Å². The van der Waals surface area contributed by atoms with Gasteiger partial charge in [0.15, 0.2) is 0 Å². The summed E-state index contributed by atoms with van der Waals surface area (Å²) in [5.41, 5.74) is 1.71. The molecule has 0 fully saturated rings. The highest BCUT2D eigenvalue weighted by atomic mass is 16.5. The summed E-state index contributed by atoms with van der Waals surface area (Å²) in [6.07, 6.45) is 1.64. The smallest absolute Gasteiger partial charge is 0.274 e. The van der Waals surface area contributed by atoms with Crippen LogP contribution in [-0.4, -0.2) is 49.7 Å². The Morgan fingerprint density at radius 1 is 1.25 bits per heavy atom. The van der Waals surface area contributed by atoms with Gasteiger partial charge in [0.2, 0.25) is 0 Å². The maximum atomic E-state index is 12.6. The topological polar surface area (TPSA) is 61.5 Å². The molecule has 1 aromatic heterocycles. The summed E-state index contributed by atoms with van der Waals surface area (Å²) >= 11 is 0. The van der Waals surface area contributed by atoms with Crippen LogP contribution in [0.5, 0.6) is 5.75 Å². The lowest BCUT2D eigenvalue weighted by Gasteiger charge is -2.18. The average molecular weight is 326 g/mol. The summed E-state index contributed by atoms with van der Waals surface area (Å²) in [5.74, 6) is 0.604. The zero-order valence-electron chi connectivity index (χ0n) is 14.5. The maximum Gasteiger partial charge on any atom is 0.274 e. The number of carbonyl (C=O) groups excluding carboxylic acids is 1. The molecule has 0 unspecified atom stereocenters. The fraction of sp³-hybridized carbons (Fsp3) is 0.333. The average Bonchev–Trinajstić information content (AvgIpc) is 2.95. The summed E-state index contributed by atoms with van der Waals surface area (Å²) in [7, 11) is 7.45. The first-order valence-corrected chi connectivity index (χ1v) is 7.64. The molecule has 1 amide bonds. The highest BCUT2D eigenvalue weighted by Crippen LogP contribution is 2.20. The molecular formula is C18H22N4O2. The highest BCUT2D eigenvalue weighted by molar-refractivity contribution is 6.05. The molecule has 6 nitrogen and oxygen atoms in total.